The van der Waals surface area contributed by atoms with Gasteiger partial charge in [0.15, 0.2) is 0 Å². The smallest absolute Gasteiger partial charge is 0.118 e. The van der Waals surface area contributed by atoms with Gasteiger partial charge in [-0.05, 0) is 36.4 Å². The van der Waals surface area contributed by atoms with Crippen molar-refractivity contribution in [3.8, 4) is 5.75 Å². The molecule has 3 heteroatoms. The van der Waals surface area contributed by atoms with Crippen LogP contribution in [0.1, 0.15) is 0 Å². The number of aromatic nitrogens is 1. The number of para-hydroxylation sites is 1. The first-order valence-electron chi connectivity index (χ1n) is 6.14. The summed E-state index contributed by atoms with van der Waals surface area (Å²) in [5.41, 5.74) is 1.26. The number of aryl methyl sites for hydroxylation is 1. The molecule has 0 saturated carbocycles. The molecule has 0 saturated heterocycles. The Morgan fingerprint density at radius 1 is 1.00 bits per heavy atom. The van der Waals surface area contributed by atoms with Crippen LogP contribution in [0.4, 0.5) is 0 Å². The first kappa shape index (κ1) is 12.2. The van der Waals surface area contributed by atoms with Crippen molar-refractivity contribution in [1.29, 1.82) is 0 Å². The van der Waals surface area contributed by atoms with Crippen LogP contribution < -0.4 is 4.74 Å². The number of rotatable bonds is 3. The van der Waals surface area contributed by atoms with E-state index in [9.17, 15) is 0 Å². The quantitative estimate of drug-likeness (QED) is 0.702. The van der Waals surface area contributed by atoms with Gasteiger partial charge in [-0.2, -0.15) is 0 Å². The van der Waals surface area contributed by atoms with Crippen LogP contribution in [0.25, 0.3) is 10.9 Å². The summed E-state index contributed by atoms with van der Waals surface area (Å²) in [6.07, 6.45) is 0. The van der Waals surface area contributed by atoms with Gasteiger partial charge in [-0.25, -0.2) is 0 Å². The monoisotopic (exact) mass is 269 g/mol. The molecule has 0 atom stereocenters. The minimum absolute atomic E-state index is 0.890. The van der Waals surface area contributed by atoms with Crippen molar-refractivity contribution in [2.24, 2.45) is 7.05 Å². The highest BCUT2D eigenvalue weighted by atomic mass is 32.2. The summed E-state index contributed by atoms with van der Waals surface area (Å²) < 4.78 is 7.40. The van der Waals surface area contributed by atoms with Crippen molar-refractivity contribution < 1.29 is 4.74 Å². The van der Waals surface area contributed by atoms with Gasteiger partial charge < -0.3 is 9.30 Å². The van der Waals surface area contributed by atoms with Crippen molar-refractivity contribution in [2.45, 2.75) is 9.92 Å². The summed E-state index contributed by atoms with van der Waals surface area (Å²) in [7, 11) is 3.79. The van der Waals surface area contributed by atoms with Crippen LogP contribution in [0, 0.1) is 0 Å². The SMILES string of the molecule is COc1ccc(Sc2cc3ccccc3n2C)cc1. The van der Waals surface area contributed by atoms with Crippen LogP contribution in [-0.4, -0.2) is 11.7 Å². The molecule has 1 heterocycles. The average Bonchev–Trinajstić information content (AvgIpc) is 2.77. The van der Waals surface area contributed by atoms with Crippen LogP contribution in [0.3, 0.4) is 0 Å². The van der Waals surface area contributed by atoms with Crippen molar-refractivity contribution in [3.63, 3.8) is 0 Å². The molecule has 3 rings (SSSR count). The molecule has 0 radical (unpaired) electrons. The maximum absolute atomic E-state index is 5.18. The maximum Gasteiger partial charge on any atom is 0.118 e. The average molecular weight is 269 g/mol. The van der Waals surface area contributed by atoms with E-state index in [1.807, 2.05) is 12.1 Å². The highest BCUT2D eigenvalue weighted by Crippen LogP contribution is 2.32. The van der Waals surface area contributed by atoms with Crippen LogP contribution in [0.5, 0.6) is 5.75 Å². The van der Waals surface area contributed by atoms with E-state index in [1.165, 1.54) is 20.8 Å². The zero-order valence-corrected chi connectivity index (χ0v) is 11.8. The lowest BCUT2D eigenvalue weighted by Crippen LogP contribution is -1.89. The fraction of sp³-hybridized carbons (Fsp3) is 0.125. The van der Waals surface area contributed by atoms with Gasteiger partial charge in [-0.3, -0.25) is 0 Å². The lowest BCUT2D eigenvalue weighted by molar-refractivity contribution is 0.414. The molecule has 96 valence electrons. The summed E-state index contributed by atoms with van der Waals surface area (Å²) in [4.78, 5) is 1.21. The first-order valence-corrected chi connectivity index (χ1v) is 6.96. The van der Waals surface area contributed by atoms with Crippen LogP contribution in [-0.2, 0) is 7.05 Å². The van der Waals surface area contributed by atoms with Gasteiger partial charge in [-0.1, -0.05) is 30.0 Å². The molecule has 0 aliphatic carbocycles. The van der Waals surface area contributed by atoms with Crippen LogP contribution in [0.2, 0.25) is 0 Å². The van der Waals surface area contributed by atoms with Gasteiger partial charge in [0.25, 0.3) is 0 Å². The Morgan fingerprint density at radius 3 is 2.42 bits per heavy atom. The number of fused-ring (bicyclic) bond motifs is 1. The fourth-order valence-electron chi connectivity index (χ4n) is 2.13. The molecule has 2 nitrogen and oxygen atoms in total. The molecule has 1 aromatic heterocycles. The van der Waals surface area contributed by atoms with Crippen molar-refractivity contribution in [2.75, 3.05) is 7.11 Å². The highest BCUT2D eigenvalue weighted by Gasteiger charge is 2.06. The van der Waals surface area contributed by atoms with Gasteiger partial charge >= 0.3 is 0 Å². The second kappa shape index (κ2) is 5.02. The molecule has 0 spiro atoms. The van der Waals surface area contributed by atoms with E-state index >= 15 is 0 Å². The summed E-state index contributed by atoms with van der Waals surface area (Å²) in [5.74, 6) is 0.890. The molecular weight excluding hydrogens is 254 g/mol. The molecule has 0 aliphatic rings. The van der Waals surface area contributed by atoms with Crippen molar-refractivity contribution in [3.05, 3.63) is 54.6 Å². The largest absolute Gasteiger partial charge is 0.497 e. The predicted octanol–water partition coefficient (Wildman–Crippen LogP) is 4.34. The third kappa shape index (κ3) is 2.34. The lowest BCUT2D eigenvalue weighted by atomic mass is 10.2. The van der Waals surface area contributed by atoms with Gasteiger partial charge in [0.1, 0.15) is 5.75 Å². The minimum Gasteiger partial charge on any atom is -0.497 e. The normalized spacial score (nSPS) is 10.8. The van der Waals surface area contributed by atoms with E-state index in [0.29, 0.717) is 0 Å². The minimum atomic E-state index is 0.890. The second-order valence-electron chi connectivity index (χ2n) is 4.38. The molecule has 0 aliphatic heterocycles. The predicted molar refractivity (Wildman–Crippen MR) is 80.0 cm³/mol. The van der Waals surface area contributed by atoms with Gasteiger partial charge in [-0.15, -0.1) is 0 Å². The van der Waals surface area contributed by atoms with Gasteiger partial charge in [0, 0.05) is 22.8 Å². The van der Waals surface area contributed by atoms with E-state index in [2.05, 4.69) is 54.1 Å². The zero-order chi connectivity index (χ0) is 13.2. The molecule has 0 fully saturated rings. The number of nitrogens with zero attached hydrogens (tertiary/aromatic N) is 1. The fourth-order valence-corrected chi connectivity index (χ4v) is 3.06. The molecular formula is C16H15NOS. The summed E-state index contributed by atoms with van der Waals surface area (Å²) >= 11 is 1.77. The highest BCUT2D eigenvalue weighted by molar-refractivity contribution is 7.99. The standard InChI is InChI=1S/C16H15NOS/c1-17-15-6-4-3-5-12(15)11-16(17)19-14-9-7-13(18-2)8-10-14/h3-11H,1-2H3. The molecule has 19 heavy (non-hydrogen) atoms. The van der Waals surface area contributed by atoms with Gasteiger partial charge in [0.2, 0.25) is 0 Å². The summed E-state index contributed by atoms with van der Waals surface area (Å²) in [5, 5.41) is 2.52. The van der Waals surface area contributed by atoms with Crippen molar-refractivity contribution in [1.82, 2.24) is 4.57 Å². The summed E-state index contributed by atoms with van der Waals surface area (Å²) in [6.45, 7) is 0. The Bertz CT molecular complexity index is 700. The third-order valence-electron chi connectivity index (χ3n) is 3.19. The molecule has 3 aromatic rings. The van der Waals surface area contributed by atoms with Crippen LogP contribution >= 0.6 is 11.8 Å². The Hall–Kier alpha value is -1.87. The number of hydrogen-bond acceptors (Lipinski definition) is 2. The lowest BCUT2D eigenvalue weighted by Gasteiger charge is -2.05. The molecule has 0 N–H and O–H groups in total. The van der Waals surface area contributed by atoms with Crippen molar-refractivity contribution >= 4 is 22.7 Å². The third-order valence-corrected chi connectivity index (χ3v) is 4.30. The number of hydrogen-bond donors (Lipinski definition) is 0. The first-order chi connectivity index (χ1) is 9.28. The Balaban J connectivity index is 1.94. The zero-order valence-electron chi connectivity index (χ0n) is 11.0. The second-order valence-corrected chi connectivity index (χ2v) is 5.47. The summed E-state index contributed by atoms with van der Waals surface area (Å²) in [6, 6.07) is 18.8. The van der Waals surface area contributed by atoms with E-state index in [0.717, 1.165) is 5.75 Å². The number of benzene rings is 2. The number of methoxy groups -OCH3 is 1. The Kier molecular flexibility index (Phi) is 3.22. The molecule has 2 aromatic carbocycles. The molecule has 0 amide bonds. The van der Waals surface area contributed by atoms with E-state index in [-0.39, 0.29) is 0 Å². The van der Waals surface area contributed by atoms with E-state index in [4.69, 9.17) is 4.74 Å². The maximum atomic E-state index is 5.18. The van der Waals surface area contributed by atoms with Gasteiger partial charge in [0.05, 0.1) is 12.1 Å². The Morgan fingerprint density at radius 2 is 1.74 bits per heavy atom. The topological polar surface area (TPSA) is 14.2 Å². The number of ether oxygens (including phenoxy) is 1. The van der Waals surface area contributed by atoms with E-state index in [1.54, 1.807) is 18.9 Å². The Labute approximate surface area is 117 Å². The molecule has 0 unspecified atom stereocenters. The molecule has 0 bridgehead atoms. The van der Waals surface area contributed by atoms with Crippen LogP contribution in [0.15, 0.2) is 64.5 Å². The van der Waals surface area contributed by atoms with E-state index < -0.39 is 0 Å².